The maximum atomic E-state index is 11.7. The fourth-order valence-corrected chi connectivity index (χ4v) is 1.36. The zero-order chi connectivity index (χ0) is 15.3. The maximum absolute atomic E-state index is 11.7. The third kappa shape index (κ3) is 5.59. The smallest absolute Gasteiger partial charge is 0.338 e. The number of carbonyl (C=O) groups is 2. The van der Waals surface area contributed by atoms with Gasteiger partial charge in [-0.3, -0.25) is 9.63 Å². The number of hydrogen-bond donors (Lipinski definition) is 1. The molecule has 20 heavy (non-hydrogen) atoms. The highest BCUT2D eigenvalue weighted by atomic mass is 35.5. The van der Waals surface area contributed by atoms with E-state index in [0.717, 1.165) is 0 Å². The Labute approximate surface area is 123 Å². The van der Waals surface area contributed by atoms with Crippen molar-refractivity contribution in [3.05, 3.63) is 34.9 Å². The third-order valence-corrected chi connectivity index (χ3v) is 2.43. The van der Waals surface area contributed by atoms with Crippen LogP contribution in [0.1, 0.15) is 38.1 Å². The molecule has 1 aromatic rings. The maximum Gasteiger partial charge on any atom is 0.338 e. The lowest BCUT2D eigenvalue weighted by atomic mass is 10.2. The number of hydroxylamine groups is 1. The van der Waals surface area contributed by atoms with Crippen LogP contribution in [-0.4, -0.2) is 23.6 Å². The lowest BCUT2D eigenvalue weighted by Crippen LogP contribution is -2.36. The minimum Gasteiger partial charge on any atom is -0.458 e. The van der Waals surface area contributed by atoms with E-state index >= 15 is 0 Å². The molecule has 0 radical (unpaired) electrons. The van der Waals surface area contributed by atoms with Crippen LogP contribution in [0, 0.1) is 0 Å². The van der Waals surface area contributed by atoms with Crippen LogP contribution in [0.5, 0.6) is 0 Å². The highest BCUT2D eigenvalue weighted by molar-refractivity contribution is 6.30. The van der Waals surface area contributed by atoms with Gasteiger partial charge in [0.15, 0.2) is 6.10 Å². The molecule has 0 unspecified atom stereocenters. The summed E-state index contributed by atoms with van der Waals surface area (Å²) in [7, 11) is 0. The van der Waals surface area contributed by atoms with E-state index in [1.54, 1.807) is 45.0 Å². The Morgan fingerprint density at radius 1 is 1.20 bits per heavy atom. The van der Waals surface area contributed by atoms with Gasteiger partial charge in [-0.05, 0) is 52.0 Å². The summed E-state index contributed by atoms with van der Waals surface area (Å²) in [5.41, 5.74) is 1.98. The standard InChI is InChI=1S/C14H18ClNO4/c1-9(13(18)19-14(2,3)4)20-16-12(17)10-5-7-11(15)8-6-10/h5-9H,1-4H3,(H,16,17)/t9-/m1/s1. The van der Waals surface area contributed by atoms with Gasteiger partial charge >= 0.3 is 5.97 Å². The van der Waals surface area contributed by atoms with Crippen molar-refractivity contribution >= 4 is 23.5 Å². The van der Waals surface area contributed by atoms with Gasteiger partial charge in [-0.2, -0.15) is 0 Å². The van der Waals surface area contributed by atoms with Crippen molar-refractivity contribution in [3.63, 3.8) is 0 Å². The zero-order valence-corrected chi connectivity index (χ0v) is 12.7. The summed E-state index contributed by atoms with van der Waals surface area (Å²) in [4.78, 5) is 28.4. The highest BCUT2D eigenvalue weighted by Gasteiger charge is 2.23. The van der Waals surface area contributed by atoms with E-state index in [1.807, 2.05) is 0 Å². The second-order valence-corrected chi connectivity index (χ2v) is 5.67. The molecular formula is C14H18ClNO4. The van der Waals surface area contributed by atoms with Gasteiger partial charge in [-0.1, -0.05) is 11.6 Å². The first-order valence-electron chi connectivity index (χ1n) is 6.13. The van der Waals surface area contributed by atoms with Crippen LogP contribution in [0.3, 0.4) is 0 Å². The Balaban J connectivity index is 2.48. The Morgan fingerprint density at radius 2 is 1.75 bits per heavy atom. The van der Waals surface area contributed by atoms with Crippen molar-refractivity contribution in [2.24, 2.45) is 0 Å². The van der Waals surface area contributed by atoms with Crippen LogP contribution >= 0.6 is 11.6 Å². The van der Waals surface area contributed by atoms with Crippen molar-refractivity contribution in [3.8, 4) is 0 Å². The number of carbonyl (C=O) groups excluding carboxylic acids is 2. The summed E-state index contributed by atoms with van der Waals surface area (Å²) >= 11 is 5.72. The molecule has 0 saturated heterocycles. The van der Waals surface area contributed by atoms with Crippen molar-refractivity contribution in [1.82, 2.24) is 5.48 Å². The lowest BCUT2D eigenvalue weighted by Gasteiger charge is -2.22. The molecule has 5 nitrogen and oxygen atoms in total. The second kappa shape index (κ2) is 6.72. The summed E-state index contributed by atoms with van der Waals surface area (Å²) in [6.07, 6.45) is -0.898. The Hall–Kier alpha value is -1.59. The average Bonchev–Trinajstić information content (AvgIpc) is 2.34. The van der Waals surface area contributed by atoms with E-state index in [-0.39, 0.29) is 0 Å². The zero-order valence-electron chi connectivity index (χ0n) is 11.9. The number of halogens is 1. The van der Waals surface area contributed by atoms with E-state index in [0.29, 0.717) is 10.6 Å². The number of ether oxygens (including phenoxy) is 1. The van der Waals surface area contributed by atoms with E-state index in [1.165, 1.54) is 6.92 Å². The van der Waals surface area contributed by atoms with E-state index in [9.17, 15) is 9.59 Å². The van der Waals surface area contributed by atoms with E-state index in [4.69, 9.17) is 21.2 Å². The molecule has 0 aliphatic rings. The van der Waals surface area contributed by atoms with Crippen molar-refractivity contribution < 1.29 is 19.2 Å². The SMILES string of the molecule is C[C@@H](ONC(=O)c1ccc(Cl)cc1)C(=O)OC(C)(C)C. The first kappa shape index (κ1) is 16.5. The Morgan fingerprint density at radius 3 is 2.25 bits per heavy atom. The summed E-state index contributed by atoms with van der Waals surface area (Å²) < 4.78 is 5.12. The fraction of sp³-hybridized carbons (Fsp3) is 0.429. The first-order valence-corrected chi connectivity index (χ1v) is 6.51. The van der Waals surface area contributed by atoms with E-state index < -0.39 is 23.6 Å². The molecule has 0 bridgehead atoms. The van der Waals surface area contributed by atoms with Crippen LogP contribution in [0.25, 0.3) is 0 Å². The van der Waals surface area contributed by atoms with Gasteiger partial charge in [0.25, 0.3) is 5.91 Å². The van der Waals surface area contributed by atoms with E-state index in [2.05, 4.69) is 5.48 Å². The molecule has 0 aromatic heterocycles. The second-order valence-electron chi connectivity index (χ2n) is 5.23. The van der Waals surface area contributed by atoms with Gasteiger partial charge in [0.1, 0.15) is 5.60 Å². The topological polar surface area (TPSA) is 64.6 Å². The van der Waals surface area contributed by atoms with Crippen LogP contribution in [0.4, 0.5) is 0 Å². The molecule has 1 atom stereocenters. The molecular weight excluding hydrogens is 282 g/mol. The summed E-state index contributed by atoms with van der Waals surface area (Å²) in [5.74, 6) is -1.01. The third-order valence-electron chi connectivity index (χ3n) is 2.17. The molecule has 0 fully saturated rings. The fourth-order valence-electron chi connectivity index (χ4n) is 1.23. The summed E-state index contributed by atoms with van der Waals surface area (Å²) in [6, 6.07) is 6.29. The number of esters is 1. The summed E-state index contributed by atoms with van der Waals surface area (Å²) in [5, 5.41) is 0.532. The predicted octanol–water partition coefficient (Wildman–Crippen LogP) is 2.73. The Kier molecular flexibility index (Phi) is 5.53. The molecule has 1 N–H and O–H groups in total. The van der Waals surface area contributed by atoms with Gasteiger partial charge in [0, 0.05) is 10.6 Å². The molecule has 0 saturated carbocycles. The first-order chi connectivity index (χ1) is 9.19. The highest BCUT2D eigenvalue weighted by Crippen LogP contribution is 2.11. The quantitative estimate of drug-likeness (QED) is 0.686. The number of nitrogens with one attached hydrogen (secondary N) is 1. The number of benzene rings is 1. The van der Waals surface area contributed by atoms with Gasteiger partial charge < -0.3 is 4.74 Å². The number of hydrogen-bond acceptors (Lipinski definition) is 4. The number of rotatable bonds is 4. The van der Waals surface area contributed by atoms with Gasteiger partial charge in [0.05, 0.1) is 0 Å². The minimum atomic E-state index is -0.898. The average molecular weight is 300 g/mol. The van der Waals surface area contributed by atoms with Crippen molar-refractivity contribution in [2.75, 3.05) is 0 Å². The molecule has 6 heteroatoms. The molecule has 1 aromatic carbocycles. The normalized spacial score (nSPS) is 12.7. The van der Waals surface area contributed by atoms with Gasteiger partial charge in [-0.25, -0.2) is 10.3 Å². The predicted molar refractivity (Wildman–Crippen MR) is 75.3 cm³/mol. The molecule has 1 amide bonds. The van der Waals surface area contributed by atoms with Crippen LogP contribution in [0.15, 0.2) is 24.3 Å². The van der Waals surface area contributed by atoms with Gasteiger partial charge in [0.2, 0.25) is 0 Å². The molecule has 0 heterocycles. The summed E-state index contributed by atoms with van der Waals surface area (Å²) in [6.45, 7) is 6.76. The molecule has 0 aliphatic heterocycles. The molecule has 0 aliphatic carbocycles. The largest absolute Gasteiger partial charge is 0.458 e. The van der Waals surface area contributed by atoms with Crippen LogP contribution in [0.2, 0.25) is 5.02 Å². The molecule has 110 valence electrons. The van der Waals surface area contributed by atoms with Crippen molar-refractivity contribution in [1.29, 1.82) is 0 Å². The van der Waals surface area contributed by atoms with Crippen LogP contribution in [-0.2, 0) is 14.4 Å². The minimum absolute atomic E-state index is 0.380. The lowest BCUT2D eigenvalue weighted by molar-refractivity contribution is -0.170. The molecule has 1 rings (SSSR count). The Bertz CT molecular complexity index is 479. The monoisotopic (exact) mass is 299 g/mol. The number of amides is 1. The van der Waals surface area contributed by atoms with Crippen molar-refractivity contribution in [2.45, 2.75) is 39.4 Å². The van der Waals surface area contributed by atoms with Crippen LogP contribution < -0.4 is 5.48 Å². The molecule has 0 spiro atoms. The van der Waals surface area contributed by atoms with Gasteiger partial charge in [-0.15, -0.1) is 0 Å².